The Morgan fingerprint density at radius 1 is 0.750 bits per heavy atom. The van der Waals surface area contributed by atoms with Gasteiger partial charge in [-0.1, -0.05) is 0 Å². The zero-order chi connectivity index (χ0) is 13.4. The average molecular weight is 277 g/mol. The van der Waals surface area contributed by atoms with Crippen LogP contribution in [0.1, 0.15) is 44.9 Å². The van der Waals surface area contributed by atoms with E-state index in [1.54, 1.807) is 0 Å². The second-order valence-electron chi connectivity index (χ2n) is 7.85. The predicted octanol–water partition coefficient (Wildman–Crippen LogP) is 1.93. The maximum absolute atomic E-state index is 3.77. The van der Waals surface area contributed by atoms with Crippen LogP contribution >= 0.6 is 0 Å². The van der Waals surface area contributed by atoms with E-state index in [-0.39, 0.29) is 0 Å². The van der Waals surface area contributed by atoms with Crippen LogP contribution in [0.5, 0.6) is 0 Å². The SMILES string of the molecule is C(CN1CCN(CC2CC2)CC1)C1CC2CCC(C1)N2. The molecule has 0 radical (unpaired) electrons. The van der Waals surface area contributed by atoms with Crippen molar-refractivity contribution in [1.82, 2.24) is 15.1 Å². The van der Waals surface area contributed by atoms with E-state index in [1.807, 2.05) is 0 Å². The summed E-state index contributed by atoms with van der Waals surface area (Å²) >= 11 is 0. The van der Waals surface area contributed by atoms with Gasteiger partial charge in [0.25, 0.3) is 0 Å². The highest BCUT2D eigenvalue weighted by Gasteiger charge is 2.33. The van der Waals surface area contributed by atoms with Crippen LogP contribution in [0.15, 0.2) is 0 Å². The first-order valence-electron chi connectivity index (χ1n) is 9.06. The molecular weight excluding hydrogens is 246 g/mol. The van der Waals surface area contributed by atoms with Gasteiger partial charge in [0.1, 0.15) is 0 Å². The lowest BCUT2D eigenvalue weighted by Gasteiger charge is -2.36. The summed E-state index contributed by atoms with van der Waals surface area (Å²) in [5.74, 6) is 2.07. The van der Waals surface area contributed by atoms with E-state index >= 15 is 0 Å². The van der Waals surface area contributed by atoms with E-state index < -0.39 is 0 Å². The fourth-order valence-electron chi connectivity index (χ4n) is 4.64. The molecule has 0 spiro atoms. The molecule has 3 heteroatoms. The maximum Gasteiger partial charge on any atom is 0.0110 e. The van der Waals surface area contributed by atoms with Crippen LogP contribution in [0.25, 0.3) is 0 Å². The molecule has 4 fully saturated rings. The number of hydrogen-bond donors (Lipinski definition) is 1. The summed E-state index contributed by atoms with van der Waals surface area (Å²) in [7, 11) is 0. The van der Waals surface area contributed by atoms with Gasteiger partial charge in [-0.25, -0.2) is 0 Å². The van der Waals surface area contributed by atoms with Crippen LogP contribution in [0, 0.1) is 11.8 Å². The number of nitrogens with zero attached hydrogens (tertiary/aromatic N) is 2. The van der Waals surface area contributed by atoms with E-state index in [0.717, 1.165) is 23.9 Å². The van der Waals surface area contributed by atoms with Crippen molar-refractivity contribution in [2.75, 3.05) is 39.3 Å². The fourth-order valence-corrected chi connectivity index (χ4v) is 4.64. The number of piperidine rings is 1. The summed E-state index contributed by atoms with van der Waals surface area (Å²) in [4.78, 5) is 5.44. The second kappa shape index (κ2) is 5.94. The Balaban J connectivity index is 1.15. The Morgan fingerprint density at radius 3 is 2.05 bits per heavy atom. The Labute approximate surface area is 124 Å². The first-order valence-corrected chi connectivity index (χ1v) is 9.06. The molecular formula is C17H31N3. The third kappa shape index (κ3) is 3.37. The van der Waals surface area contributed by atoms with Crippen LogP contribution in [-0.4, -0.2) is 61.2 Å². The Kier molecular flexibility index (Phi) is 4.02. The van der Waals surface area contributed by atoms with E-state index in [4.69, 9.17) is 0 Å². The lowest BCUT2D eigenvalue weighted by Crippen LogP contribution is -2.47. The molecule has 3 aliphatic heterocycles. The van der Waals surface area contributed by atoms with Crippen LogP contribution in [0.2, 0.25) is 0 Å². The van der Waals surface area contributed by atoms with Gasteiger partial charge in [-0.2, -0.15) is 0 Å². The summed E-state index contributed by atoms with van der Waals surface area (Å²) in [6.07, 6.45) is 10.3. The summed E-state index contributed by atoms with van der Waals surface area (Å²) in [6, 6.07) is 1.74. The van der Waals surface area contributed by atoms with Crippen molar-refractivity contribution in [3.8, 4) is 0 Å². The zero-order valence-corrected chi connectivity index (χ0v) is 12.9. The molecule has 1 aliphatic carbocycles. The van der Waals surface area contributed by atoms with Gasteiger partial charge in [0.05, 0.1) is 0 Å². The largest absolute Gasteiger partial charge is 0.311 e. The molecule has 20 heavy (non-hydrogen) atoms. The molecule has 1 saturated carbocycles. The Morgan fingerprint density at radius 2 is 1.40 bits per heavy atom. The minimum absolute atomic E-state index is 0.870. The van der Waals surface area contributed by atoms with Gasteiger partial charge in [0.2, 0.25) is 0 Å². The average Bonchev–Trinajstić information content (AvgIpc) is 3.22. The molecule has 3 heterocycles. The first-order chi connectivity index (χ1) is 9.85. The van der Waals surface area contributed by atoms with E-state index in [0.29, 0.717) is 0 Å². The number of hydrogen-bond acceptors (Lipinski definition) is 3. The zero-order valence-electron chi connectivity index (χ0n) is 12.9. The number of fused-ring (bicyclic) bond motifs is 2. The van der Waals surface area contributed by atoms with Crippen molar-refractivity contribution >= 4 is 0 Å². The monoisotopic (exact) mass is 277 g/mol. The molecule has 0 aromatic rings. The molecule has 0 aromatic heterocycles. The van der Waals surface area contributed by atoms with Crippen LogP contribution in [0.4, 0.5) is 0 Å². The smallest absolute Gasteiger partial charge is 0.0110 e. The van der Waals surface area contributed by atoms with Crippen molar-refractivity contribution < 1.29 is 0 Å². The van der Waals surface area contributed by atoms with Crippen LogP contribution in [0.3, 0.4) is 0 Å². The highest BCUT2D eigenvalue weighted by Crippen LogP contribution is 2.33. The minimum atomic E-state index is 0.870. The second-order valence-corrected chi connectivity index (χ2v) is 7.85. The number of piperazine rings is 1. The topological polar surface area (TPSA) is 18.5 Å². The van der Waals surface area contributed by atoms with Gasteiger partial charge < -0.3 is 15.1 Å². The first kappa shape index (κ1) is 13.5. The van der Waals surface area contributed by atoms with Gasteiger partial charge in [-0.3, -0.25) is 0 Å². The lowest BCUT2D eigenvalue weighted by molar-refractivity contribution is 0.119. The normalized spacial score (nSPS) is 39.3. The summed E-state index contributed by atoms with van der Waals surface area (Å²) < 4.78 is 0. The molecule has 3 nitrogen and oxygen atoms in total. The molecule has 0 amide bonds. The van der Waals surface area contributed by atoms with Crippen LogP contribution in [-0.2, 0) is 0 Å². The van der Waals surface area contributed by atoms with E-state index in [2.05, 4.69) is 15.1 Å². The highest BCUT2D eigenvalue weighted by molar-refractivity contribution is 4.92. The van der Waals surface area contributed by atoms with Crippen molar-refractivity contribution in [1.29, 1.82) is 0 Å². The lowest BCUT2D eigenvalue weighted by atomic mass is 9.89. The van der Waals surface area contributed by atoms with Crippen molar-refractivity contribution in [2.45, 2.75) is 57.0 Å². The summed E-state index contributed by atoms with van der Waals surface area (Å²) in [5.41, 5.74) is 0. The Bertz CT molecular complexity index is 308. The van der Waals surface area contributed by atoms with Gasteiger partial charge >= 0.3 is 0 Å². The van der Waals surface area contributed by atoms with Gasteiger partial charge in [-0.05, 0) is 63.3 Å². The predicted molar refractivity (Wildman–Crippen MR) is 82.9 cm³/mol. The third-order valence-corrected chi connectivity index (χ3v) is 6.10. The van der Waals surface area contributed by atoms with Crippen molar-refractivity contribution in [3.63, 3.8) is 0 Å². The van der Waals surface area contributed by atoms with Crippen molar-refractivity contribution in [2.24, 2.45) is 11.8 Å². The van der Waals surface area contributed by atoms with Crippen LogP contribution < -0.4 is 5.32 Å². The van der Waals surface area contributed by atoms with Gasteiger partial charge in [-0.15, -0.1) is 0 Å². The van der Waals surface area contributed by atoms with E-state index in [1.165, 1.54) is 84.2 Å². The highest BCUT2D eigenvalue weighted by atomic mass is 15.3. The molecule has 4 aliphatic rings. The van der Waals surface area contributed by atoms with Gasteiger partial charge in [0, 0.05) is 44.8 Å². The molecule has 2 unspecified atom stereocenters. The fraction of sp³-hybridized carbons (Fsp3) is 1.00. The summed E-state index contributed by atoms with van der Waals surface area (Å²) in [5, 5.41) is 3.77. The standard InChI is InChI=1S/C17H31N3/c1-2-14(1)13-20-9-7-19(8-10-20)6-5-15-11-16-3-4-17(12-15)18-16/h14-18H,1-13H2. The Hall–Kier alpha value is -0.120. The number of rotatable bonds is 5. The van der Waals surface area contributed by atoms with Gasteiger partial charge in [0.15, 0.2) is 0 Å². The molecule has 3 saturated heterocycles. The molecule has 0 aromatic carbocycles. The minimum Gasteiger partial charge on any atom is -0.311 e. The van der Waals surface area contributed by atoms with Crippen molar-refractivity contribution in [3.05, 3.63) is 0 Å². The molecule has 2 bridgehead atoms. The molecule has 114 valence electrons. The molecule has 1 N–H and O–H groups in total. The molecule has 2 atom stereocenters. The number of nitrogens with one attached hydrogen (secondary N) is 1. The summed E-state index contributed by atoms with van der Waals surface area (Å²) in [6.45, 7) is 8.06. The van der Waals surface area contributed by atoms with E-state index in [9.17, 15) is 0 Å². The quantitative estimate of drug-likeness (QED) is 0.828. The third-order valence-electron chi connectivity index (χ3n) is 6.10. The maximum atomic E-state index is 3.77. The molecule has 4 rings (SSSR count).